The van der Waals surface area contributed by atoms with Gasteiger partial charge in [0.15, 0.2) is 5.78 Å². The van der Waals surface area contributed by atoms with Crippen LogP contribution in [0.25, 0.3) is 0 Å². The van der Waals surface area contributed by atoms with Gasteiger partial charge in [-0.1, -0.05) is 0 Å². The SMILES string of the molecule is Cc1csc2c1C(=O)CC(CCC(=O)O)C2. The highest BCUT2D eigenvalue weighted by Gasteiger charge is 2.27. The topological polar surface area (TPSA) is 54.4 Å². The molecule has 3 nitrogen and oxygen atoms in total. The number of thiophene rings is 1. The number of hydrogen-bond donors (Lipinski definition) is 1. The van der Waals surface area contributed by atoms with E-state index in [-0.39, 0.29) is 18.1 Å². The molecule has 1 unspecified atom stereocenters. The number of rotatable bonds is 3. The molecule has 4 heteroatoms. The van der Waals surface area contributed by atoms with E-state index in [4.69, 9.17) is 5.11 Å². The van der Waals surface area contributed by atoms with Crippen LogP contribution in [0.2, 0.25) is 0 Å². The van der Waals surface area contributed by atoms with E-state index in [1.54, 1.807) is 11.3 Å². The van der Waals surface area contributed by atoms with E-state index < -0.39 is 5.97 Å². The second-order valence-electron chi connectivity index (χ2n) is 4.35. The molecule has 16 heavy (non-hydrogen) atoms. The van der Waals surface area contributed by atoms with Crippen molar-refractivity contribution in [3.05, 3.63) is 21.4 Å². The van der Waals surface area contributed by atoms with E-state index >= 15 is 0 Å². The average Bonchev–Trinajstić information content (AvgIpc) is 2.58. The lowest BCUT2D eigenvalue weighted by Gasteiger charge is -2.20. The Morgan fingerprint density at radius 2 is 2.31 bits per heavy atom. The largest absolute Gasteiger partial charge is 0.481 e. The minimum Gasteiger partial charge on any atom is -0.481 e. The van der Waals surface area contributed by atoms with Gasteiger partial charge >= 0.3 is 5.97 Å². The molecular formula is C12H14O3S. The zero-order valence-electron chi connectivity index (χ0n) is 9.16. The number of carboxylic acids is 1. The van der Waals surface area contributed by atoms with Gasteiger partial charge in [-0.25, -0.2) is 0 Å². The Morgan fingerprint density at radius 3 is 3.00 bits per heavy atom. The number of carbonyl (C=O) groups excluding carboxylic acids is 1. The molecule has 86 valence electrons. The van der Waals surface area contributed by atoms with Crippen LogP contribution in [-0.4, -0.2) is 16.9 Å². The smallest absolute Gasteiger partial charge is 0.303 e. The summed E-state index contributed by atoms with van der Waals surface area (Å²) in [5.74, 6) is -0.370. The van der Waals surface area contributed by atoms with E-state index in [2.05, 4.69) is 0 Å². The molecule has 0 saturated heterocycles. The third kappa shape index (κ3) is 2.16. The van der Waals surface area contributed by atoms with Gasteiger partial charge in [0.2, 0.25) is 0 Å². The maximum atomic E-state index is 11.9. The number of Topliss-reactive ketones (excluding diaryl/α,β-unsaturated/α-hetero) is 1. The quantitative estimate of drug-likeness (QED) is 0.880. The second kappa shape index (κ2) is 4.37. The molecular weight excluding hydrogens is 224 g/mol. The van der Waals surface area contributed by atoms with Crippen molar-refractivity contribution in [1.29, 1.82) is 0 Å². The van der Waals surface area contributed by atoms with Gasteiger partial charge in [-0.3, -0.25) is 9.59 Å². The predicted octanol–water partition coefficient (Wildman–Crippen LogP) is 2.67. The van der Waals surface area contributed by atoms with Crippen molar-refractivity contribution in [2.24, 2.45) is 5.92 Å². The van der Waals surface area contributed by atoms with E-state index in [1.165, 1.54) is 0 Å². The lowest BCUT2D eigenvalue weighted by molar-refractivity contribution is -0.137. The Labute approximate surface area is 98.1 Å². The van der Waals surface area contributed by atoms with E-state index in [1.807, 2.05) is 12.3 Å². The molecule has 1 aromatic rings. The normalized spacial score (nSPS) is 19.6. The summed E-state index contributed by atoms with van der Waals surface area (Å²) < 4.78 is 0. The summed E-state index contributed by atoms with van der Waals surface area (Å²) in [7, 11) is 0. The summed E-state index contributed by atoms with van der Waals surface area (Å²) in [6, 6.07) is 0. The molecule has 2 rings (SSSR count). The van der Waals surface area contributed by atoms with Crippen LogP contribution in [0.4, 0.5) is 0 Å². The van der Waals surface area contributed by atoms with Crippen molar-refractivity contribution in [2.75, 3.05) is 0 Å². The fraction of sp³-hybridized carbons (Fsp3) is 0.500. The predicted molar refractivity (Wildman–Crippen MR) is 62.1 cm³/mol. The van der Waals surface area contributed by atoms with Crippen molar-refractivity contribution in [3.8, 4) is 0 Å². The molecule has 1 aromatic heterocycles. The number of fused-ring (bicyclic) bond motifs is 1. The van der Waals surface area contributed by atoms with Gasteiger partial charge < -0.3 is 5.11 Å². The first-order valence-corrected chi connectivity index (χ1v) is 6.28. The van der Waals surface area contributed by atoms with E-state index in [0.717, 1.165) is 22.4 Å². The van der Waals surface area contributed by atoms with Gasteiger partial charge in [-0.15, -0.1) is 11.3 Å². The fourth-order valence-electron chi connectivity index (χ4n) is 2.25. The highest BCUT2D eigenvalue weighted by Crippen LogP contribution is 2.34. The average molecular weight is 238 g/mol. The first kappa shape index (κ1) is 11.3. The lowest BCUT2D eigenvalue weighted by atomic mass is 9.84. The van der Waals surface area contributed by atoms with Gasteiger partial charge in [-0.2, -0.15) is 0 Å². The van der Waals surface area contributed by atoms with Crippen LogP contribution in [-0.2, 0) is 11.2 Å². The highest BCUT2D eigenvalue weighted by molar-refractivity contribution is 7.10. The molecule has 0 radical (unpaired) electrons. The maximum absolute atomic E-state index is 11.9. The highest BCUT2D eigenvalue weighted by atomic mass is 32.1. The Balaban J connectivity index is 2.10. The van der Waals surface area contributed by atoms with E-state index in [0.29, 0.717) is 12.8 Å². The number of aliphatic carboxylic acids is 1. The molecule has 0 amide bonds. The Kier molecular flexibility index (Phi) is 3.10. The summed E-state index contributed by atoms with van der Waals surface area (Å²) in [6.45, 7) is 1.96. The molecule has 0 fully saturated rings. The monoisotopic (exact) mass is 238 g/mol. The van der Waals surface area contributed by atoms with Crippen molar-refractivity contribution in [2.45, 2.75) is 32.6 Å². The van der Waals surface area contributed by atoms with Crippen LogP contribution >= 0.6 is 11.3 Å². The summed E-state index contributed by atoms with van der Waals surface area (Å²) in [5, 5.41) is 10.6. The summed E-state index contributed by atoms with van der Waals surface area (Å²) >= 11 is 1.63. The molecule has 0 bridgehead atoms. The first-order valence-electron chi connectivity index (χ1n) is 5.40. The number of ketones is 1. The molecule has 1 N–H and O–H groups in total. The molecule has 1 aliphatic carbocycles. The molecule has 0 saturated carbocycles. The minimum absolute atomic E-state index is 0.164. The zero-order valence-corrected chi connectivity index (χ0v) is 9.97. The second-order valence-corrected chi connectivity index (χ2v) is 5.31. The Bertz CT molecular complexity index is 433. The van der Waals surface area contributed by atoms with Crippen molar-refractivity contribution >= 4 is 23.1 Å². The Hall–Kier alpha value is -1.16. The van der Waals surface area contributed by atoms with Crippen molar-refractivity contribution in [1.82, 2.24) is 0 Å². The van der Waals surface area contributed by atoms with Gasteiger partial charge in [0.1, 0.15) is 0 Å². The molecule has 0 aromatic carbocycles. The molecule has 1 aliphatic rings. The van der Waals surface area contributed by atoms with Gasteiger partial charge in [0.25, 0.3) is 0 Å². The fourth-order valence-corrected chi connectivity index (χ4v) is 3.41. The standard InChI is InChI=1S/C12H14O3S/c1-7-6-16-10-5-8(2-3-11(14)15)4-9(13)12(7)10/h6,8H,2-5H2,1H3,(H,14,15). The van der Waals surface area contributed by atoms with Gasteiger partial charge in [0, 0.05) is 23.3 Å². The van der Waals surface area contributed by atoms with Crippen molar-refractivity contribution < 1.29 is 14.7 Å². The third-order valence-corrected chi connectivity index (χ3v) is 4.17. The van der Waals surface area contributed by atoms with Crippen LogP contribution in [0.3, 0.4) is 0 Å². The lowest BCUT2D eigenvalue weighted by Crippen LogP contribution is -2.19. The summed E-state index contributed by atoms with van der Waals surface area (Å²) in [5.41, 5.74) is 1.97. The number of carbonyl (C=O) groups is 2. The number of aryl methyl sites for hydroxylation is 1. The van der Waals surface area contributed by atoms with Crippen LogP contribution in [0.1, 0.15) is 40.1 Å². The maximum Gasteiger partial charge on any atom is 0.303 e. The van der Waals surface area contributed by atoms with Gasteiger partial charge in [0.05, 0.1) is 0 Å². The zero-order chi connectivity index (χ0) is 11.7. The first-order chi connectivity index (χ1) is 7.58. The van der Waals surface area contributed by atoms with Crippen LogP contribution < -0.4 is 0 Å². The van der Waals surface area contributed by atoms with Crippen LogP contribution in [0.15, 0.2) is 5.38 Å². The molecule has 1 atom stereocenters. The summed E-state index contributed by atoms with van der Waals surface area (Å²) in [6.07, 6.45) is 2.15. The van der Waals surface area contributed by atoms with E-state index in [9.17, 15) is 9.59 Å². The van der Waals surface area contributed by atoms with Crippen molar-refractivity contribution in [3.63, 3.8) is 0 Å². The number of carboxylic acid groups (broad SMARTS) is 1. The third-order valence-electron chi connectivity index (χ3n) is 3.04. The Morgan fingerprint density at radius 1 is 1.56 bits per heavy atom. The number of hydrogen-bond acceptors (Lipinski definition) is 3. The molecule has 1 heterocycles. The van der Waals surface area contributed by atoms with Gasteiger partial charge in [-0.05, 0) is 36.6 Å². The minimum atomic E-state index is -0.777. The molecule has 0 spiro atoms. The van der Waals surface area contributed by atoms with Crippen LogP contribution in [0.5, 0.6) is 0 Å². The summed E-state index contributed by atoms with van der Waals surface area (Å²) in [4.78, 5) is 23.5. The van der Waals surface area contributed by atoms with Crippen LogP contribution in [0, 0.1) is 12.8 Å². The molecule has 0 aliphatic heterocycles.